The van der Waals surface area contributed by atoms with Gasteiger partial charge in [0.05, 0.1) is 19.8 Å². The van der Waals surface area contributed by atoms with Crippen LogP contribution in [0.25, 0.3) is 0 Å². The van der Waals surface area contributed by atoms with Gasteiger partial charge in [-0.15, -0.1) is 0 Å². The predicted octanol–water partition coefficient (Wildman–Crippen LogP) is 11.5. The second-order valence-electron chi connectivity index (χ2n) is 16.9. The van der Waals surface area contributed by atoms with Crippen molar-refractivity contribution in [3.05, 3.63) is 36.5 Å². The minimum atomic E-state index is -1.54. The quantitative estimate of drug-likeness (QED) is 0.0269. The number of esters is 1. The van der Waals surface area contributed by atoms with Crippen molar-refractivity contribution in [1.29, 1.82) is 0 Å². The van der Waals surface area contributed by atoms with Gasteiger partial charge in [-0.2, -0.15) is 0 Å². The van der Waals surface area contributed by atoms with Gasteiger partial charge in [-0.25, -0.2) is 0 Å². The van der Waals surface area contributed by atoms with Gasteiger partial charge in [-0.1, -0.05) is 198 Å². The monoisotopic (exact) mass is 837 g/mol. The Labute approximate surface area is 361 Å². The highest BCUT2D eigenvalue weighted by atomic mass is 16.7. The normalized spacial score (nSPS) is 20.4. The number of aliphatic hydroxyl groups is 4. The minimum Gasteiger partial charge on any atom is -0.457 e. The molecular weight excluding hydrogens is 745 g/mol. The zero-order valence-corrected chi connectivity index (χ0v) is 38.0. The number of rotatable bonds is 42. The average Bonchev–Trinajstić information content (AvgIpc) is 3.24. The van der Waals surface area contributed by atoms with E-state index >= 15 is 0 Å². The molecule has 9 nitrogen and oxygen atoms in total. The Balaban J connectivity index is 2.20. The lowest BCUT2D eigenvalue weighted by Crippen LogP contribution is -2.59. The summed E-state index contributed by atoms with van der Waals surface area (Å²) in [4.78, 5) is 12.8. The van der Waals surface area contributed by atoms with Gasteiger partial charge in [0.1, 0.15) is 30.5 Å². The maximum absolute atomic E-state index is 12.8. The van der Waals surface area contributed by atoms with Crippen LogP contribution in [0.3, 0.4) is 0 Å². The minimum absolute atomic E-state index is 0.120. The Morgan fingerprint density at radius 2 is 1.03 bits per heavy atom. The zero-order chi connectivity index (χ0) is 42.9. The molecule has 4 N–H and O–H groups in total. The van der Waals surface area contributed by atoms with E-state index < -0.39 is 43.4 Å². The lowest BCUT2D eigenvalue weighted by atomic mass is 9.99. The van der Waals surface area contributed by atoms with Gasteiger partial charge < -0.3 is 39.4 Å². The van der Waals surface area contributed by atoms with Crippen molar-refractivity contribution in [2.45, 2.75) is 250 Å². The fourth-order valence-corrected chi connectivity index (χ4v) is 7.51. The van der Waals surface area contributed by atoms with Crippen LogP contribution >= 0.6 is 0 Å². The summed E-state index contributed by atoms with van der Waals surface area (Å²) in [6.45, 7) is 4.42. The number of aliphatic hydroxyl groups excluding tert-OH is 4. The van der Waals surface area contributed by atoms with E-state index in [4.69, 9.17) is 18.9 Å². The molecule has 0 aromatic carbocycles. The number of ether oxygens (including phenoxy) is 4. The Morgan fingerprint density at radius 3 is 1.56 bits per heavy atom. The summed E-state index contributed by atoms with van der Waals surface area (Å²) < 4.78 is 22.8. The molecular formula is C50H92O9. The summed E-state index contributed by atoms with van der Waals surface area (Å²) in [5, 5.41) is 40.2. The van der Waals surface area contributed by atoms with Crippen LogP contribution in [0.2, 0.25) is 0 Å². The first-order valence-electron chi connectivity index (χ1n) is 24.6. The molecule has 1 heterocycles. The first kappa shape index (κ1) is 55.4. The second kappa shape index (κ2) is 41.7. The summed E-state index contributed by atoms with van der Waals surface area (Å²) in [6, 6.07) is 0. The third kappa shape index (κ3) is 32.7. The maximum Gasteiger partial charge on any atom is 0.306 e. The largest absolute Gasteiger partial charge is 0.457 e. The summed E-state index contributed by atoms with van der Waals surface area (Å²) in [5.41, 5.74) is 0. The number of unbranched alkanes of at least 4 members (excludes halogenated alkanes) is 25. The van der Waals surface area contributed by atoms with E-state index in [2.05, 4.69) is 50.3 Å². The van der Waals surface area contributed by atoms with Crippen LogP contribution in [0.5, 0.6) is 0 Å². The lowest BCUT2D eigenvalue weighted by Gasteiger charge is -2.39. The molecule has 0 bridgehead atoms. The van der Waals surface area contributed by atoms with Crippen molar-refractivity contribution in [2.24, 2.45) is 0 Å². The molecule has 1 saturated heterocycles. The van der Waals surface area contributed by atoms with Crippen LogP contribution < -0.4 is 0 Å². The molecule has 0 aromatic rings. The SMILES string of the molecule is CC/C=C\C/C=C\C/C=C\CCCCCCOCC(COC1OC(CO)C(O)C(O)C1O)OC(=O)CCCCCCCCCCCCCCCCCCCCCCCC. The first-order valence-corrected chi connectivity index (χ1v) is 24.6. The van der Waals surface area contributed by atoms with Gasteiger partial charge in [0.2, 0.25) is 0 Å². The highest BCUT2D eigenvalue weighted by molar-refractivity contribution is 5.69. The van der Waals surface area contributed by atoms with Gasteiger partial charge >= 0.3 is 5.97 Å². The number of allylic oxidation sites excluding steroid dienone is 6. The van der Waals surface area contributed by atoms with Gasteiger partial charge in [0.25, 0.3) is 0 Å². The zero-order valence-electron chi connectivity index (χ0n) is 38.0. The molecule has 6 atom stereocenters. The van der Waals surface area contributed by atoms with E-state index in [1.807, 2.05) is 0 Å². The Bertz CT molecular complexity index is 999. The van der Waals surface area contributed by atoms with Crippen LogP contribution in [0.1, 0.15) is 213 Å². The topological polar surface area (TPSA) is 135 Å². The number of hydrogen-bond acceptors (Lipinski definition) is 9. The molecule has 1 rings (SSSR count). The molecule has 1 aliphatic rings. The molecule has 346 valence electrons. The standard InChI is InChI=1S/C50H92O9/c1-3-5-7-9-11-13-15-17-19-20-21-22-23-24-25-26-27-29-31-33-35-37-39-46(52)58-44(43-57-50-49(55)48(54)47(53)45(41-51)59-50)42-56-40-38-36-34-32-30-28-18-16-14-12-10-8-6-4-2/h6,8,12,14,18,28,44-45,47-51,53-55H,3-5,7,9-11,13,15-17,19-27,29-43H2,1-2H3/b8-6-,14-12-,28-18-. The number of carbonyl (C=O) groups excluding carboxylic acids is 1. The Hall–Kier alpha value is -1.59. The molecule has 1 fully saturated rings. The lowest BCUT2D eigenvalue weighted by molar-refractivity contribution is -0.305. The van der Waals surface area contributed by atoms with E-state index in [0.29, 0.717) is 13.0 Å². The van der Waals surface area contributed by atoms with Crippen molar-refractivity contribution < 1.29 is 44.2 Å². The predicted molar refractivity (Wildman–Crippen MR) is 242 cm³/mol. The van der Waals surface area contributed by atoms with Crippen molar-refractivity contribution in [1.82, 2.24) is 0 Å². The third-order valence-corrected chi connectivity index (χ3v) is 11.3. The van der Waals surface area contributed by atoms with E-state index in [9.17, 15) is 25.2 Å². The number of carbonyl (C=O) groups is 1. The molecule has 0 spiro atoms. The molecule has 1 aliphatic heterocycles. The highest BCUT2D eigenvalue weighted by Crippen LogP contribution is 2.23. The average molecular weight is 837 g/mol. The van der Waals surface area contributed by atoms with Crippen molar-refractivity contribution in [3.63, 3.8) is 0 Å². The van der Waals surface area contributed by atoms with Gasteiger partial charge in [0, 0.05) is 13.0 Å². The van der Waals surface area contributed by atoms with E-state index in [-0.39, 0.29) is 19.2 Å². The van der Waals surface area contributed by atoms with E-state index in [0.717, 1.165) is 70.6 Å². The van der Waals surface area contributed by atoms with Crippen LogP contribution in [0.4, 0.5) is 0 Å². The van der Waals surface area contributed by atoms with Gasteiger partial charge in [-0.3, -0.25) is 4.79 Å². The van der Waals surface area contributed by atoms with Crippen LogP contribution in [0, 0.1) is 0 Å². The third-order valence-electron chi connectivity index (χ3n) is 11.3. The summed E-state index contributed by atoms with van der Waals surface area (Å²) in [7, 11) is 0. The Kier molecular flexibility index (Phi) is 39.2. The van der Waals surface area contributed by atoms with E-state index in [1.54, 1.807) is 0 Å². The fraction of sp³-hybridized carbons (Fsp3) is 0.860. The van der Waals surface area contributed by atoms with Crippen molar-refractivity contribution >= 4 is 5.97 Å². The van der Waals surface area contributed by atoms with Crippen LogP contribution in [-0.2, 0) is 23.7 Å². The highest BCUT2D eigenvalue weighted by Gasteiger charge is 2.44. The fourth-order valence-electron chi connectivity index (χ4n) is 7.51. The second-order valence-corrected chi connectivity index (χ2v) is 16.9. The molecule has 0 amide bonds. The van der Waals surface area contributed by atoms with Gasteiger partial charge in [-0.05, 0) is 44.9 Å². The summed E-state index contributed by atoms with van der Waals surface area (Å²) >= 11 is 0. The molecule has 0 aromatic heterocycles. The van der Waals surface area contributed by atoms with Crippen LogP contribution in [0.15, 0.2) is 36.5 Å². The van der Waals surface area contributed by atoms with Crippen molar-refractivity contribution in [2.75, 3.05) is 26.4 Å². The number of hydrogen-bond donors (Lipinski definition) is 4. The molecule has 0 aliphatic carbocycles. The molecule has 59 heavy (non-hydrogen) atoms. The maximum atomic E-state index is 12.8. The van der Waals surface area contributed by atoms with Gasteiger partial charge in [0.15, 0.2) is 6.29 Å². The van der Waals surface area contributed by atoms with Crippen molar-refractivity contribution in [3.8, 4) is 0 Å². The molecule has 0 saturated carbocycles. The molecule has 6 unspecified atom stereocenters. The summed E-state index contributed by atoms with van der Waals surface area (Å²) in [5.74, 6) is -0.318. The van der Waals surface area contributed by atoms with Crippen LogP contribution in [-0.4, -0.2) is 89.6 Å². The Morgan fingerprint density at radius 1 is 0.559 bits per heavy atom. The molecule has 0 radical (unpaired) electrons. The summed E-state index contributed by atoms with van der Waals surface area (Å²) in [6.07, 6.45) is 43.3. The molecule has 9 heteroatoms. The smallest absolute Gasteiger partial charge is 0.306 e. The van der Waals surface area contributed by atoms with E-state index in [1.165, 1.54) is 122 Å². The first-order chi connectivity index (χ1) is 28.9.